The van der Waals surface area contributed by atoms with Gasteiger partial charge in [0, 0.05) is 51.0 Å². The van der Waals surface area contributed by atoms with Crippen molar-refractivity contribution in [3.05, 3.63) is 11.8 Å². The lowest BCUT2D eigenvalue weighted by molar-refractivity contribution is -0.158. The first-order chi connectivity index (χ1) is 14.6. The van der Waals surface area contributed by atoms with Gasteiger partial charge < -0.3 is 14.7 Å². The quantitative estimate of drug-likeness (QED) is 0.767. The van der Waals surface area contributed by atoms with Crippen molar-refractivity contribution in [3.63, 3.8) is 0 Å². The van der Waals surface area contributed by atoms with Crippen LogP contribution in [-0.4, -0.2) is 60.0 Å². The Morgan fingerprint density at radius 2 is 1.47 bits per heavy atom. The molecule has 1 amide bonds. The molecule has 7 rings (SSSR count). The van der Waals surface area contributed by atoms with Crippen LogP contribution in [0.4, 0.5) is 11.8 Å². The molecule has 1 aromatic rings. The summed E-state index contributed by atoms with van der Waals surface area (Å²) < 4.78 is 0. The molecule has 4 saturated carbocycles. The SMILES string of the molecule is Cc1cc(N2CCCC2)nc(N2CCN(C(=O)C34CC5CC(CC(C5)C3)C4)CC2)n1. The Kier molecular flexibility index (Phi) is 4.47. The van der Waals surface area contributed by atoms with E-state index in [9.17, 15) is 4.79 Å². The van der Waals surface area contributed by atoms with Crippen LogP contribution in [0.15, 0.2) is 6.07 Å². The molecular formula is C24H35N5O. The van der Waals surface area contributed by atoms with E-state index in [0.717, 1.165) is 74.5 Å². The molecule has 2 saturated heterocycles. The number of aromatic nitrogens is 2. The first-order valence-corrected chi connectivity index (χ1v) is 12.2. The van der Waals surface area contributed by atoms with E-state index in [2.05, 4.69) is 27.7 Å². The zero-order chi connectivity index (χ0) is 20.3. The van der Waals surface area contributed by atoms with Gasteiger partial charge in [-0.2, -0.15) is 4.98 Å². The lowest BCUT2D eigenvalue weighted by Crippen LogP contribution is -2.58. The molecule has 162 valence electrons. The van der Waals surface area contributed by atoms with Gasteiger partial charge in [-0.1, -0.05) is 0 Å². The number of nitrogens with zero attached hydrogens (tertiary/aromatic N) is 5. The van der Waals surface area contributed by atoms with E-state index in [0.29, 0.717) is 5.91 Å². The van der Waals surface area contributed by atoms with E-state index < -0.39 is 0 Å². The first kappa shape index (κ1) is 18.9. The Hall–Kier alpha value is -1.85. The molecule has 6 heteroatoms. The van der Waals surface area contributed by atoms with E-state index in [1.807, 2.05) is 0 Å². The van der Waals surface area contributed by atoms with Crippen LogP contribution >= 0.6 is 0 Å². The fraction of sp³-hybridized carbons (Fsp3) is 0.792. The maximum absolute atomic E-state index is 13.6. The Morgan fingerprint density at radius 1 is 0.867 bits per heavy atom. The highest BCUT2D eigenvalue weighted by molar-refractivity contribution is 5.83. The number of hydrogen-bond donors (Lipinski definition) is 0. The molecule has 0 unspecified atom stereocenters. The fourth-order valence-corrected chi connectivity index (χ4v) is 7.60. The van der Waals surface area contributed by atoms with Crippen LogP contribution in [0.25, 0.3) is 0 Å². The second-order valence-corrected chi connectivity index (χ2v) is 10.8. The molecule has 4 bridgehead atoms. The first-order valence-electron chi connectivity index (χ1n) is 12.2. The second-order valence-electron chi connectivity index (χ2n) is 10.8. The van der Waals surface area contributed by atoms with Crippen LogP contribution in [0.1, 0.15) is 57.1 Å². The summed E-state index contributed by atoms with van der Waals surface area (Å²) >= 11 is 0. The van der Waals surface area contributed by atoms with Gasteiger partial charge in [0.05, 0.1) is 5.41 Å². The molecule has 6 nitrogen and oxygen atoms in total. The van der Waals surface area contributed by atoms with Crippen LogP contribution < -0.4 is 9.80 Å². The van der Waals surface area contributed by atoms with Crippen molar-refractivity contribution in [1.82, 2.24) is 14.9 Å². The number of piperazine rings is 1. The minimum Gasteiger partial charge on any atom is -0.356 e. The van der Waals surface area contributed by atoms with Crippen LogP contribution in [0.2, 0.25) is 0 Å². The highest BCUT2D eigenvalue weighted by Crippen LogP contribution is 2.60. The predicted molar refractivity (Wildman–Crippen MR) is 118 cm³/mol. The van der Waals surface area contributed by atoms with Crippen molar-refractivity contribution < 1.29 is 4.79 Å². The zero-order valence-corrected chi connectivity index (χ0v) is 18.4. The summed E-state index contributed by atoms with van der Waals surface area (Å²) in [5.74, 6) is 4.87. The number of anilines is 2. The summed E-state index contributed by atoms with van der Waals surface area (Å²) in [5, 5.41) is 0. The average molecular weight is 410 g/mol. The summed E-state index contributed by atoms with van der Waals surface area (Å²) in [7, 11) is 0. The molecule has 0 N–H and O–H groups in total. The number of amides is 1. The lowest BCUT2D eigenvalue weighted by atomic mass is 9.49. The Labute approximate surface area is 180 Å². The molecule has 1 aromatic heterocycles. The summed E-state index contributed by atoms with van der Waals surface area (Å²) in [6.07, 6.45) is 10.2. The van der Waals surface area contributed by atoms with E-state index in [1.54, 1.807) is 0 Å². The molecular weight excluding hydrogens is 374 g/mol. The van der Waals surface area contributed by atoms with Crippen molar-refractivity contribution in [1.29, 1.82) is 0 Å². The number of rotatable bonds is 3. The average Bonchev–Trinajstić information content (AvgIpc) is 3.27. The number of carbonyl (C=O) groups is 1. The highest BCUT2D eigenvalue weighted by atomic mass is 16.2. The van der Waals surface area contributed by atoms with Crippen molar-refractivity contribution in [2.75, 3.05) is 49.1 Å². The van der Waals surface area contributed by atoms with Crippen LogP contribution in [0.5, 0.6) is 0 Å². The summed E-state index contributed by atoms with van der Waals surface area (Å²) in [6.45, 7) is 7.60. The number of carbonyl (C=O) groups excluding carboxylic acids is 1. The monoisotopic (exact) mass is 409 g/mol. The standard InChI is InChI=1S/C24H35N5O/c1-17-10-21(27-4-2-3-5-27)26-23(25-17)29-8-6-28(7-9-29)22(30)24-14-18-11-19(15-24)13-20(12-18)16-24/h10,18-20H,2-9,11-16H2,1H3. The molecule has 3 heterocycles. The Balaban J connectivity index is 1.14. The summed E-state index contributed by atoms with van der Waals surface area (Å²) in [4.78, 5) is 30.1. The number of aryl methyl sites for hydroxylation is 1. The molecule has 0 spiro atoms. The van der Waals surface area contributed by atoms with Crippen molar-refractivity contribution in [2.45, 2.75) is 58.3 Å². The van der Waals surface area contributed by atoms with Crippen LogP contribution in [0.3, 0.4) is 0 Å². The molecule has 2 aliphatic heterocycles. The molecule has 30 heavy (non-hydrogen) atoms. The van der Waals surface area contributed by atoms with Crippen LogP contribution in [0, 0.1) is 30.1 Å². The molecule has 4 aliphatic carbocycles. The van der Waals surface area contributed by atoms with Gasteiger partial charge in [-0.3, -0.25) is 4.79 Å². The van der Waals surface area contributed by atoms with Gasteiger partial charge >= 0.3 is 0 Å². The van der Waals surface area contributed by atoms with Crippen molar-refractivity contribution in [3.8, 4) is 0 Å². The van der Waals surface area contributed by atoms with Gasteiger partial charge in [0.2, 0.25) is 11.9 Å². The molecule has 6 aliphatic rings. The Bertz CT molecular complexity index is 790. The predicted octanol–water partition coefficient (Wildman–Crippen LogP) is 3.25. The highest BCUT2D eigenvalue weighted by Gasteiger charge is 2.55. The third-order valence-electron chi connectivity index (χ3n) is 8.60. The van der Waals surface area contributed by atoms with Crippen LogP contribution in [-0.2, 0) is 4.79 Å². The van der Waals surface area contributed by atoms with Gasteiger partial charge in [-0.15, -0.1) is 0 Å². The zero-order valence-electron chi connectivity index (χ0n) is 18.4. The van der Waals surface area contributed by atoms with E-state index >= 15 is 0 Å². The number of hydrogen-bond acceptors (Lipinski definition) is 5. The normalized spacial score (nSPS) is 35.4. The topological polar surface area (TPSA) is 52.6 Å². The third-order valence-corrected chi connectivity index (χ3v) is 8.60. The van der Waals surface area contributed by atoms with Gasteiger partial charge in [0.1, 0.15) is 5.82 Å². The van der Waals surface area contributed by atoms with E-state index in [1.165, 1.54) is 51.4 Å². The lowest BCUT2D eigenvalue weighted by Gasteiger charge is -2.57. The third kappa shape index (κ3) is 3.18. The summed E-state index contributed by atoms with van der Waals surface area (Å²) in [6, 6.07) is 2.11. The maximum atomic E-state index is 13.6. The molecule has 6 fully saturated rings. The minimum absolute atomic E-state index is 0.0142. The molecule has 0 radical (unpaired) electrons. The van der Waals surface area contributed by atoms with Crippen molar-refractivity contribution >= 4 is 17.7 Å². The van der Waals surface area contributed by atoms with Crippen molar-refractivity contribution in [2.24, 2.45) is 23.2 Å². The maximum Gasteiger partial charge on any atom is 0.228 e. The Morgan fingerprint density at radius 3 is 2.07 bits per heavy atom. The molecule has 0 atom stereocenters. The van der Waals surface area contributed by atoms with E-state index in [-0.39, 0.29) is 5.41 Å². The fourth-order valence-electron chi connectivity index (χ4n) is 7.60. The minimum atomic E-state index is -0.0142. The second kappa shape index (κ2) is 7.10. The largest absolute Gasteiger partial charge is 0.356 e. The smallest absolute Gasteiger partial charge is 0.228 e. The van der Waals surface area contributed by atoms with Gasteiger partial charge in [0.25, 0.3) is 0 Å². The van der Waals surface area contributed by atoms with Gasteiger partial charge in [-0.25, -0.2) is 4.98 Å². The molecule has 0 aromatic carbocycles. The van der Waals surface area contributed by atoms with E-state index in [4.69, 9.17) is 9.97 Å². The van der Waals surface area contributed by atoms with Gasteiger partial charge in [-0.05, 0) is 76.0 Å². The van der Waals surface area contributed by atoms with Gasteiger partial charge in [0.15, 0.2) is 0 Å². The summed E-state index contributed by atoms with van der Waals surface area (Å²) in [5.41, 5.74) is 1.02.